The van der Waals surface area contributed by atoms with Crippen molar-refractivity contribution < 1.29 is 31.2 Å². The molecule has 1 saturated heterocycles. The molecule has 1 amide bonds. The van der Waals surface area contributed by atoms with E-state index < -0.39 is 44.4 Å². The Labute approximate surface area is 158 Å². The van der Waals surface area contributed by atoms with Crippen LogP contribution in [0.4, 0.5) is 0 Å². The Morgan fingerprint density at radius 3 is 2.52 bits per heavy atom. The van der Waals surface area contributed by atoms with Crippen molar-refractivity contribution in [2.75, 3.05) is 24.7 Å². The molecule has 0 aromatic heterocycles. The van der Waals surface area contributed by atoms with Crippen LogP contribution in [-0.2, 0) is 29.4 Å². The molecule has 1 aliphatic heterocycles. The number of primary sulfonamides is 1. The van der Waals surface area contributed by atoms with Gasteiger partial charge in [-0.2, -0.15) is 0 Å². The summed E-state index contributed by atoms with van der Waals surface area (Å²) in [4.78, 5) is 25.7. The van der Waals surface area contributed by atoms with Gasteiger partial charge in [0.15, 0.2) is 16.4 Å². The topological polar surface area (TPSA) is 141 Å². The van der Waals surface area contributed by atoms with E-state index in [1.807, 2.05) is 0 Å². The minimum absolute atomic E-state index is 0.0287. The molecule has 1 aromatic carbocycles. The molecule has 0 bridgehead atoms. The number of hydrogen-bond acceptors (Lipinski definition) is 7. The lowest BCUT2D eigenvalue weighted by Gasteiger charge is -2.26. The highest BCUT2D eigenvalue weighted by atomic mass is 32.2. The highest BCUT2D eigenvalue weighted by molar-refractivity contribution is 7.91. The number of carbonyl (C=O) groups excluding carboxylic acids is 2. The predicted molar refractivity (Wildman–Crippen MR) is 97.3 cm³/mol. The van der Waals surface area contributed by atoms with Crippen molar-refractivity contribution in [3.63, 3.8) is 0 Å². The Bertz CT molecular complexity index is 955. The summed E-state index contributed by atoms with van der Waals surface area (Å²) >= 11 is 0. The number of benzene rings is 1. The van der Waals surface area contributed by atoms with E-state index in [1.54, 1.807) is 6.92 Å². The fourth-order valence-electron chi connectivity index (χ4n) is 2.99. The highest BCUT2D eigenvalue weighted by Crippen LogP contribution is 2.19. The minimum atomic E-state index is -4.00. The van der Waals surface area contributed by atoms with Gasteiger partial charge >= 0.3 is 5.97 Å². The summed E-state index contributed by atoms with van der Waals surface area (Å²) in [6.45, 7) is 2.97. The molecule has 1 aromatic rings. The number of hydrogen-bond donors (Lipinski definition) is 1. The Balaban J connectivity index is 2.05. The largest absolute Gasteiger partial charge is 0.452 e. The number of rotatable bonds is 6. The van der Waals surface area contributed by atoms with Gasteiger partial charge in [0.2, 0.25) is 10.0 Å². The molecule has 1 aliphatic rings. The van der Waals surface area contributed by atoms with E-state index in [9.17, 15) is 26.4 Å². The first kappa shape index (κ1) is 21.3. The molecular formula is C16H22N2O7S2. The molecule has 0 aliphatic carbocycles. The van der Waals surface area contributed by atoms with Crippen molar-refractivity contribution in [1.82, 2.24) is 4.90 Å². The molecule has 1 heterocycles. The van der Waals surface area contributed by atoms with E-state index in [0.29, 0.717) is 12.0 Å². The van der Waals surface area contributed by atoms with E-state index in [4.69, 9.17) is 9.88 Å². The minimum Gasteiger partial charge on any atom is -0.452 e. The molecular weight excluding hydrogens is 396 g/mol. The van der Waals surface area contributed by atoms with Crippen LogP contribution in [0.25, 0.3) is 0 Å². The molecule has 1 fully saturated rings. The average Bonchev–Trinajstić information content (AvgIpc) is 2.92. The summed E-state index contributed by atoms with van der Waals surface area (Å²) < 4.78 is 51.2. The smallest absolute Gasteiger partial charge is 0.338 e. The van der Waals surface area contributed by atoms with Gasteiger partial charge in [-0.1, -0.05) is 6.07 Å². The zero-order valence-electron chi connectivity index (χ0n) is 15.0. The third-order valence-electron chi connectivity index (χ3n) is 4.37. The molecule has 1 atom stereocenters. The molecule has 150 valence electrons. The normalized spacial score (nSPS) is 18.9. The number of nitrogens with zero attached hydrogens (tertiary/aromatic N) is 1. The van der Waals surface area contributed by atoms with E-state index in [2.05, 4.69) is 0 Å². The summed E-state index contributed by atoms with van der Waals surface area (Å²) in [5, 5.41) is 5.11. The SMILES string of the molecule is CCN(C(=O)COC(=O)c1ccc(C)c(S(N)(=O)=O)c1)C1CCS(=O)(=O)C1. The lowest BCUT2D eigenvalue weighted by atomic mass is 10.1. The van der Waals surface area contributed by atoms with Crippen LogP contribution < -0.4 is 5.14 Å². The fourth-order valence-corrected chi connectivity index (χ4v) is 5.53. The third-order valence-corrected chi connectivity index (χ3v) is 7.17. The number of likely N-dealkylation sites (N-methyl/N-ethyl adjacent to an activating group) is 1. The monoisotopic (exact) mass is 418 g/mol. The van der Waals surface area contributed by atoms with Crippen LogP contribution in [0.3, 0.4) is 0 Å². The molecule has 2 N–H and O–H groups in total. The number of esters is 1. The summed E-state index contributed by atoms with van der Waals surface area (Å²) in [6, 6.07) is 3.45. The highest BCUT2D eigenvalue weighted by Gasteiger charge is 2.34. The lowest BCUT2D eigenvalue weighted by molar-refractivity contribution is -0.136. The lowest BCUT2D eigenvalue weighted by Crippen LogP contribution is -2.43. The summed E-state index contributed by atoms with van der Waals surface area (Å²) in [6.07, 6.45) is 0.353. The van der Waals surface area contributed by atoms with Crippen LogP contribution in [0.15, 0.2) is 23.1 Å². The maximum absolute atomic E-state index is 12.3. The Morgan fingerprint density at radius 1 is 1.33 bits per heavy atom. The van der Waals surface area contributed by atoms with E-state index >= 15 is 0 Å². The second-order valence-corrected chi connectivity index (χ2v) is 10.1. The Morgan fingerprint density at radius 2 is 2.00 bits per heavy atom. The van der Waals surface area contributed by atoms with E-state index in [0.717, 1.165) is 6.07 Å². The molecule has 1 unspecified atom stereocenters. The molecule has 11 heteroatoms. The molecule has 0 saturated carbocycles. The number of amides is 1. The molecule has 9 nitrogen and oxygen atoms in total. The van der Waals surface area contributed by atoms with Crippen LogP contribution >= 0.6 is 0 Å². The summed E-state index contributed by atoms with van der Waals surface area (Å²) in [5.74, 6) is -1.45. The third kappa shape index (κ3) is 5.27. The quantitative estimate of drug-likeness (QED) is 0.633. The number of sulfone groups is 1. The average molecular weight is 418 g/mol. The number of nitrogens with two attached hydrogens (primary N) is 1. The number of sulfonamides is 1. The van der Waals surface area contributed by atoms with Crippen LogP contribution in [0, 0.1) is 6.92 Å². The van der Waals surface area contributed by atoms with E-state index in [1.165, 1.54) is 24.0 Å². The second-order valence-electron chi connectivity index (χ2n) is 6.34. The van der Waals surface area contributed by atoms with Crippen molar-refractivity contribution in [3.8, 4) is 0 Å². The van der Waals surface area contributed by atoms with Crippen molar-refractivity contribution >= 4 is 31.7 Å². The summed E-state index contributed by atoms with van der Waals surface area (Å²) in [7, 11) is -7.15. The van der Waals surface area contributed by atoms with E-state index in [-0.39, 0.29) is 28.5 Å². The predicted octanol–water partition coefficient (Wildman–Crippen LogP) is -0.165. The van der Waals surface area contributed by atoms with Crippen LogP contribution in [0.5, 0.6) is 0 Å². The molecule has 0 spiro atoms. The maximum atomic E-state index is 12.3. The number of ether oxygens (including phenoxy) is 1. The number of carbonyl (C=O) groups is 2. The second kappa shape index (κ2) is 7.95. The molecule has 27 heavy (non-hydrogen) atoms. The first-order chi connectivity index (χ1) is 12.4. The van der Waals surface area contributed by atoms with Crippen molar-refractivity contribution in [3.05, 3.63) is 29.3 Å². The van der Waals surface area contributed by atoms with Gasteiger partial charge in [-0.05, 0) is 38.0 Å². The maximum Gasteiger partial charge on any atom is 0.338 e. The van der Waals surface area contributed by atoms with Gasteiger partial charge < -0.3 is 9.64 Å². The van der Waals surface area contributed by atoms with Crippen LogP contribution in [0.2, 0.25) is 0 Å². The first-order valence-electron chi connectivity index (χ1n) is 8.25. The van der Waals surface area contributed by atoms with Crippen molar-refractivity contribution in [1.29, 1.82) is 0 Å². The fraction of sp³-hybridized carbons (Fsp3) is 0.500. The zero-order valence-corrected chi connectivity index (χ0v) is 16.7. The standard InChI is InChI=1S/C16H22N2O7S2/c1-3-18(13-6-7-26(21,22)10-13)15(19)9-25-16(20)12-5-4-11(2)14(8-12)27(17,23)24/h4-5,8,13H,3,6-7,9-10H2,1-2H3,(H2,17,23,24). The van der Waals surface area contributed by atoms with Crippen LogP contribution in [0.1, 0.15) is 29.3 Å². The van der Waals surface area contributed by atoms with Gasteiger partial charge in [0, 0.05) is 12.6 Å². The van der Waals surface area contributed by atoms with Gasteiger partial charge in [-0.15, -0.1) is 0 Å². The van der Waals surface area contributed by atoms with Gasteiger partial charge in [-0.3, -0.25) is 4.79 Å². The first-order valence-corrected chi connectivity index (χ1v) is 11.6. The van der Waals surface area contributed by atoms with Crippen LogP contribution in [-0.4, -0.2) is 64.3 Å². The Kier molecular flexibility index (Phi) is 6.28. The van der Waals surface area contributed by atoms with Crippen molar-refractivity contribution in [2.45, 2.75) is 31.2 Å². The summed E-state index contributed by atoms with van der Waals surface area (Å²) in [5.41, 5.74) is 0.327. The van der Waals surface area contributed by atoms with Gasteiger partial charge in [0.05, 0.1) is 22.0 Å². The Hall–Kier alpha value is -1.98. The van der Waals surface area contributed by atoms with Gasteiger partial charge in [0.25, 0.3) is 5.91 Å². The van der Waals surface area contributed by atoms with Crippen molar-refractivity contribution in [2.24, 2.45) is 5.14 Å². The molecule has 0 radical (unpaired) electrons. The zero-order chi connectivity index (χ0) is 20.4. The number of aryl methyl sites for hydroxylation is 1. The van der Waals surface area contributed by atoms with Gasteiger partial charge in [0.1, 0.15) is 0 Å². The van der Waals surface area contributed by atoms with Gasteiger partial charge in [-0.25, -0.2) is 26.8 Å². The molecule has 2 rings (SSSR count).